The number of hydrogen-bond donors (Lipinski definition) is 3. The fourth-order valence-corrected chi connectivity index (χ4v) is 3.05. The summed E-state index contributed by atoms with van der Waals surface area (Å²) in [4.78, 5) is 26.8. The number of aliphatic imine (C=N–C) groups is 1. The number of benzene rings is 2. The third kappa shape index (κ3) is 7.61. The maximum absolute atomic E-state index is 14.6. The molecule has 32 heavy (non-hydrogen) atoms. The van der Waals surface area contributed by atoms with E-state index in [0.29, 0.717) is 0 Å². The molecule has 0 aliphatic rings. The number of ether oxygens (including phenoxy) is 1. The normalized spacial score (nSPS) is 11.0. The molecule has 2 rings (SSSR count). The highest BCUT2D eigenvalue weighted by Crippen LogP contribution is 2.39. The summed E-state index contributed by atoms with van der Waals surface area (Å²) in [5.74, 6) is -1.21. The second kappa shape index (κ2) is 12.2. The average molecular weight is 491 g/mol. The molecule has 0 aromatic heterocycles. The molecule has 0 unspecified atom stereocenters. The van der Waals surface area contributed by atoms with E-state index < -0.39 is 30.8 Å². The largest absolute Gasteiger partial charge is 0.485 e. The van der Waals surface area contributed by atoms with Crippen molar-refractivity contribution >= 4 is 41.4 Å². The Bertz CT molecular complexity index is 1010. The van der Waals surface area contributed by atoms with Crippen molar-refractivity contribution in [2.75, 3.05) is 13.7 Å². The van der Waals surface area contributed by atoms with E-state index in [-0.39, 0.29) is 45.5 Å². The standard InChI is InChI=1S/C20H19Cl2F3N4O3/c1-26-5-4-18(30)28-29-20(31)27-9-12-3-2-11(6-16(12)23)14-7-13(21)8-15(22)19(14)32-10-17(24)25/h2-3,5-8,17H,4,9-10H2,1H3,(H,28,30)(H2,27,29,31). The highest BCUT2D eigenvalue weighted by Gasteiger charge is 2.16. The van der Waals surface area contributed by atoms with Gasteiger partial charge in [-0.3, -0.25) is 10.2 Å². The van der Waals surface area contributed by atoms with Gasteiger partial charge in [0.1, 0.15) is 18.2 Å². The molecule has 0 saturated carbocycles. The maximum Gasteiger partial charge on any atom is 0.333 e. The number of halogens is 5. The molecule has 0 aliphatic heterocycles. The zero-order chi connectivity index (χ0) is 23.7. The molecule has 3 N–H and O–H groups in total. The Balaban J connectivity index is 2.09. The van der Waals surface area contributed by atoms with Crippen LogP contribution in [0.15, 0.2) is 35.3 Å². The van der Waals surface area contributed by atoms with Gasteiger partial charge < -0.3 is 15.0 Å². The Hall–Kier alpha value is -2.98. The Morgan fingerprint density at radius 3 is 2.59 bits per heavy atom. The van der Waals surface area contributed by atoms with Crippen LogP contribution in [0, 0.1) is 5.82 Å². The molecule has 0 heterocycles. The van der Waals surface area contributed by atoms with Crippen LogP contribution < -0.4 is 20.9 Å². The van der Waals surface area contributed by atoms with Crippen LogP contribution in [0.25, 0.3) is 11.1 Å². The van der Waals surface area contributed by atoms with Crippen molar-refractivity contribution in [3.05, 3.63) is 51.8 Å². The van der Waals surface area contributed by atoms with E-state index in [9.17, 15) is 22.8 Å². The number of hydrogen-bond acceptors (Lipinski definition) is 4. The van der Waals surface area contributed by atoms with Crippen LogP contribution >= 0.6 is 23.2 Å². The Labute approximate surface area is 191 Å². The van der Waals surface area contributed by atoms with Gasteiger partial charge in [-0.2, -0.15) is 0 Å². The topological polar surface area (TPSA) is 91.8 Å². The first kappa shape index (κ1) is 25.3. The number of rotatable bonds is 8. The fraction of sp³-hybridized carbons (Fsp3) is 0.250. The lowest BCUT2D eigenvalue weighted by atomic mass is 10.0. The summed E-state index contributed by atoms with van der Waals surface area (Å²) in [6.45, 7) is -1.08. The fourth-order valence-electron chi connectivity index (χ4n) is 2.50. The van der Waals surface area contributed by atoms with Crippen LogP contribution in [0.2, 0.25) is 10.0 Å². The summed E-state index contributed by atoms with van der Waals surface area (Å²) < 4.78 is 44.8. The number of carbonyl (C=O) groups is 2. The number of nitrogens with zero attached hydrogens (tertiary/aromatic N) is 1. The van der Waals surface area contributed by atoms with Crippen molar-refractivity contribution in [2.24, 2.45) is 4.99 Å². The van der Waals surface area contributed by atoms with Gasteiger partial charge in [0.05, 0.1) is 11.4 Å². The summed E-state index contributed by atoms with van der Waals surface area (Å²) in [5.41, 5.74) is 4.93. The number of urea groups is 1. The molecule has 0 atom stereocenters. The molecule has 0 spiro atoms. The quantitative estimate of drug-likeness (QED) is 0.379. The first-order valence-corrected chi connectivity index (χ1v) is 9.89. The molecule has 0 aliphatic carbocycles. The molecule has 2 aromatic rings. The van der Waals surface area contributed by atoms with E-state index in [2.05, 4.69) is 21.2 Å². The number of alkyl halides is 2. The van der Waals surface area contributed by atoms with Crippen molar-refractivity contribution in [1.82, 2.24) is 16.2 Å². The van der Waals surface area contributed by atoms with Crippen LogP contribution in [0.3, 0.4) is 0 Å². The van der Waals surface area contributed by atoms with Crippen molar-refractivity contribution in [2.45, 2.75) is 19.4 Å². The van der Waals surface area contributed by atoms with Crippen molar-refractivity contribution < 1.29 is 27.5 Å². The van der Waals surface area contributed by atoms with Crippen molar-refractivity contribution in [3.8, 4) is 16.9 Å². The number of amides is 3. The maximum atomic E-state index is 14.6. The van der Waals surface area contributed by atoms with Crippen LogP contribution in [-0.2, 0) is 11.3 Å². The molecule has 0 fully saturated rings. The van der Waals surface area contributed by atoms with Crippen LogP contribution in [0.5, 0.6) is 5.75 Å². The lowest BCUT2D eigenvalue weighted by Crippen LogP contribution is -2.46. The highest BCUT2D eigenvalue weighted by atomic mass is 35.5. The third-order valence-corrected chi connectivity index (χ3v) is 4.44. The third-order valence-electron chi connectivity index (χ3n) is 3.94. The van der Waals surface area contributed by atoms with Crippen molar-refractivity contribution in [3.63, 3.8) is 0 Å². The summed E-state index contributed by atoms with van der Waals surface area (Å²) in [6, 6.07) is 6.03. The molecule has 2 aromatic carbocycles. The van der Waals surface area contributed by atoms with Gasteiger partial charge in [-0.25, -0.2) is 23.4 Å². The smallest absolute Gasteiger partial charge is 0.333 e. The zero-order valence-corrected chi connectivity index (χ0v) is 18.2. The van der Waals surface area contributed by atoms with Crippen molar-refractivity contribution in [1.29, 1.82) is 0 Å². The van der Waals surface area contributed by atoms with E-state index in [0.717, 1.165) is 6.07 Å². The van der Waals surface area contributed by atoms with Gasteiger partial charge in [0.2, 0.25) is 5.91 Å². The number of carbonyl (C=O) groups excluding carboxylic acids is 2. The number of hydrazine groups is 1. The van der Waals surface area contributed by atoms with Gasteiger partial charge in [0.25, 0.3) is 6.43 Å². The summed E-state index contributed by atoms with van der Waals surface area (Å²) in [6.07, 6.45) is -1.37. The van der Waals surface area contributed by atoms with E-state index in [1.54, 1.807) is 0 Å². The van der Waals surface area contributed by atoms with E-state index in [1.165, 1.54) is 37.5 Å². The Kier molecular flexibility index (Phi) is 9.61. The van der Waals surface area contributed by atoms with Gasteiger partial charge in [0.15, 0.2) is 0 Å². The SMILES string of the molecule is CN=CCC(=O)NNC(=O)NCc1ccc(-c2cc(Cl)cc(Cl)c2OCC(F)F)cc1F. The molecule has 12 heteroatoms. The minimum absolute atomic E-state index is 0.00299. The first-order chi connectivity index (χ1) is 15.2. The van der Waals surface area contributed by atoms with Gasteiger partial charge in [-0.15, -0.1) is 0 Å². The number of nitrogens with one attached hydrogen (secondary N) is 3. The van der Waals surface area contributed by atoms with Gasteiger partial charge >= 0.3 is 6.03 Å². The second-order valence-corrected chi connectivity index (χ2v) is 7.12. The predicted molar refractivity (Wildman–Crippen MR) is 116 cm³/mol. The Morgan fingerprint density at radius 2 is 1.94 bits per heavy atom. The van der Waals surface area contributed by atoms with Gasteiger partial charge in [-0.05, 0) is 23.8 Å². The molecule has 0 radical (unpaired) electrons. The Morgan fingerprint density at radius 1 is 1.19 bits per heavy atom. The molecule has 7 nitrogen and oxygen atoms in total. The molecule has 0 bridgehead atoms. The highest BCUT2D eigenvalue weighted by molar-refractivity contribution is 6.36. The van der Waals surface area contributed by atoms with Gasteiger partial charge in [-0.1, -0.05) is 35.3 Å². The lowest BCUT2D eigenvalue weighted by Gasteiger charge is -2.15. The van der Waals surface area contributed by atoms with E-state index >= 15 is 0 Å². The second-order valence-electron chi connectivity index (χ2n) is 6.27. The van der Waals surface area contributed by atoms with E-state index in [4.69, 9.17) is 27.9 Å². The molecular formula is C20H19Cl2F3N4O3. The van der Waals surface area contributed by atoms with Crippen LogP contribution in [-0.4, -0.2) is 38.2 Å². The average Bonchev–Trinajstić information content (AvgIpc) is 2.74. The van der Waals surface area contributed by atoms with E-state index in [1.807, 2.05) is 0 Å². The van der Waals surface area contributed by atoms with Crippen LogP contribution in [0.4, 0.5) is 18.0 Å². The summed E-state index contributed by atoms with van der Waals surface area (Å²) in [5, 5.41) is 2.60. The zero-order valence-electron chi connectivity index (χ0n) is 16.7. The van der Waals surface area contributed by atoms with Gasteiger partial charge in [0, 0.05) is 36.0 Å². The minimum Gasteiger partial charge on any atom is -0.485 e. The lowest BCUT2D eigenvalue weighted by molar-refractivity contribution is -0.120. The molecule has 172 valence electrons. The first-order valence-electron chi connectivity index (χ1n) is 9.13. The molecule has 3 amide bonds. The summed E-state index contributed by atoms with van der Waals surface area (Å²) >= 11 is 12.1. The molecule has 0 saturated heterocycles. The van der Waals surface area contributed by atoms with Crippen LogP contribution in [0.1, 0.15) is 12.0 Å². The molecular weight excluding hydrogens is 472 g/mol. The predicted octanol–water partition coefficient (Wildman–Crippen LogP) is 4.36. The monoisotopic (exact) mass is 490 g/mol. The summed E-state index contributed by atoms with van der Waals surface area (Å²) in [7, 11) is 1.51. The minimum atomic E-state index is -2.73.